The molecule has 1 aliphatic heterocycles. The Bertz CT molecular complexity index is 1370. The number of carbonyl (C=O) groups is 1. The number of benzene rings is 4. The van der Waals surface area contributed by atoms with Crippen LogP contribution in [0.5, 0.6) is 11.5 Å². The third-order valence-electron chi connectivity index (χ3n) is 6.81. The number of aliphatic hydroxyl groups excluding tert-OH is 1. The summed E-state index contributed by atoms with van der Waals surface area (Å²) < 4.78 is 14.1. The van der Waals surface area contributed by atoms with Crippen LogP contribution in [0.1, 0.15) is 36.1 Å². The van der Waals surface area contributed by atoms with Crippen LogP contribution in [-0.4, -0.2) is 21.2 Å². The zero-order valence-electron chi connectivity index (χ0n) is 19.5. The van der Waals surface area contributed by atoms with Crippen LogP contribution in [0.25, 0.3) is 11.1 Å². The lowest BCUT2D eigenvalue weighted by Gasteiger charge is -2.48. The molecule has 36 heavy (non-hydrogen) atoms. The van der Waals surface area contributed by atoms with E-state index in [0.717, 1.165) is 16.8 Å². The predicted octanol–water partition coefficient (Wildman–Crippen LogP) is 6.12. The lowest BCUT2D eigenvalue weighted by atomic mass is 9.78. The molecule has 0 radical (unpaired) electrons. The number of phenolic OH excluding ortho intramolecular Hbond substituents is 2. The van der Waals surface area contributed by atoms with Gasteiger partial charge in [-0.25, -0.2) is 4.39 Å². The number of anilines is 1. The van der Waals surface area contributed by atoms with E-state index < -0.39 is 17.8 Å². The van der Waals surface area contributed by atoms with Gasteiger partial charge in [-0.1, -0.05) is 60.7 Å². The van der Waals surface area contributed by atoms with Crippen molar-refractivity contribution in [1.29, 1.82) is 0 Å². The maximum absolute atomic E-state index is 14.1. The van der Waals surface area contributed by atoms with Crippen molar-refractivity contribution >= 4 is 11.6 Å². The zero-order valence-corrected chi connectivity index (χ0v) is 19.5. The largest absolute Gasteiger partial charge is 0.508 e. The number of aromatic hydroxyl groups is 2. The van der Waals surface area contributed by atoms with Gasteiger partial charge in [0.05, 0.1) is 18.1 Å². The molecule has 0 aliphatic carbocycles. The fraction of sp³-hybridized carbons (Fsp3) is 0.167. The molecule has 1 heterocycles. The summed E-state index contributed by atoms with van der Waals surface area (Å²) in [5.41, 5.74) is 3.11. The van der Waals surface area contributed by atoms with Crippen molar-refractivity contribution in [2.24, 2.45) is 5.92 Å². The highest BCUT2D eigenvalue weighted by Crippen LogP contribution is 2.47. The van der Waals surface area contributed by atoms with Crippen molar-refractivity contribution in [1.82, 2.24) is 0 Å². The number of phenols is 2. The van der Waals surface area contributed by atoms with Crippen LogP contribution in [0.15, 0.2) is 97.1 Å². The minimum absolute atomic E-state index is 0.0655. The Hall–Kier alpha value is -4.16. The highest BCUT2D eigenvalue weighted by Gasteiger charge is 2.48. The van der Waals surface area contributed by atoms with E-state index in [4.69, 9.17) is 0 Å². The molecule has 3 atom stereocenters. The van der Waals surface area contributed by atoms with Crippen molar-refractivity contribution in [3.05, 3.63) is 114 Å². The first kappa shape index (κ1) is 23.6. The summed E-state index contributed by atoms with van der Waals surface area (Å²) in [6, 6.07) is 27.0. The average molecular weight is 484 g/mol. The number of aliphatic hydroxyl groups is 1. The van der Waals surface area contributed by atoms with Crippen molar-refractivity contribution in [2.45, 2.75) is 25.0 Å². The van der Waals surface area contributed by atoms with Gasteiger partial charge in [0.1, 0.15) is 17.3 Å². The van der Waals surface area contributed by atoms with Crippen LogP contribution in [0.4, 0.5) is 10.1 Å². The molecule has 182 valence electrons. The topological polar surface area (TPSA) is 81.0 Å². The van der Waals surface area contributed by atoms with E-state index in [2.05, 4.69) is 0 Å². The van der Waals surface area contributed by atoms with Crippen molar-refractivity contribution in [3.63, 3.8) is 0 Å². The van der Waals surface area contributed by atoms with E-state index in [1.165, 1.54) is 6.07 Å². The summed E-state index contributed by atoms with van der Waals surface area (Å²) >= 11 is 0. The van der Waals surface area contributed by atoms with Crippen molar-refractivity contribution < 1.29 is 24.5 Å². The molecule has 4 aromatic rings. The molecule has 1 aliphatic rings. The van der Waals surface area contributed by atoms with Gasteiger partial charge in [0.2, 0.25) is 5.91 Å². The van der Waals surface area contributed by atoms with Crippen LogP contribution in [0.3, 0.4) is 0 Å². The van der Waals surface area contributed by atoms with E-state index >= 15 is 0 Å². The lowest BCUT2D eigenvalue weighted by Crippen LogP contribution is -2.55. The summed E-state index contributed by atoms with van der Waals surface area (Å²) in [5, 5.41) is 31.0. The third kappa shape index (κ3) is 4.43. The van der Waals surface area contributed by atoms with E-state index in [9.17, 15) is 24.5 Å². The maximum Gasteiger partial charge on any atom is 0.233 e. The molecule has 0 unspecified atom stereocenters. The van der Waals surface area contributed by atoms with Gasteiger partial charge in [-0.3, -0.25) is 4.79 Å². The predicted molar refractivity (Wildman–Crippen MR) is 136 cm³/mol. The average Bonchev–Trinajstić information content (AvgIpc) is 2.88. The van der Waals surface area contributed by atoms with Gasteiger partial charge in [-0.05, 0) is 60.4 Å². The number of amides is 1. The number of β-lactam (4-membered cyclic amide) rings is 1. The molecule has 1 saturated heterocycles. The molecule has 0 saturated carbocycles. The maximum atomic E-state index is 14.1. The first-order valence-corrected chi connectivity index (χ1v) is 11.9. The molecule has 0 aromatic heterocycles. The summed E-state index contributed by atoms with van der Waals surface area (Å²) in [7, 11) is 0. The molecular formula is C30H26FNO4. The van der Waals surface area contributed by atoms with Crippen LogP contribution in [-0.2, 0) is 4.79 Å². The third-order valence-corrected chi connectivity index (χ3v) is 6.81. The lowest BCUT2D eigenvalue weighted by molar-refractivity contribution is -0.131. The number of hydrogen-bond donors (Lipinski definition) is 3. The number of rotatable bonds is 7. The second-order valence-corrected chi connectivity index (χ2v) is 9.03. The zero-order chi connectivity index (χ0) is 25.2. The second-order valence-electron chi connectivity index (χ2n) is 9.03. The Balaban J connectivity index is 1.43. The quantitative estimate of drug-likeness (QED) is 0.277. The van der Waals surface area contributed by atoms with Crippen LogP contribution in [0, 0.1) is 11.7 Å². The minimum Gasteiger partial charge on any atom is -0.508 e. The number of halogens is 1. The Labute approximate surface area is 208 Å². The first-order chi connectivity index (χ1) is 17.4. The number of hydrogen-bond acceptors (Lipinski definition) is 4. The molecule has 3 N–H and O–H groups in total. The Kier molecular flexibility index (Phi) is 6.44. The first-order valence-electron chi connectivity index (χ1n) is 11.9. The van der Waals surface area contributed by atoms with Gasteiger partial charge in [0.25, 0.3) is 0 Å². The summed E-state index contributed by atoms with van der Waals surface area (Å²) in [6.07, 6.45) is -0.424. The molecule has 6 heteroatoms. The Morgan fingerprint density at radius 3 is 2.25 bits per heavy atom. The molecule has 0 spiro atoms. The normalized spacial score (nSPS) is 18.1. The molecule has 1 amide bonds. The Morgan fingerprint density at radius 2 is 1.56 bits per heavy atom. The highest BCUT2D eigenvalue weighted by molar-refractivity contribution is 6.03. The standard InChI is InChI=1S/C30H26FNO4/c31-26-9-5-4-8-24(26)27(34)17-16-25-29(32(30(25)36)21-6-2-1-3-7-21)20-12-15-23(28(35)18-20)19-10-13-22(33)14-11-19/h1-15,18,25,27,29,33-35H,16-17H2/t25-,27+,29-/m1/s1. The fourth-order valence-corrected chi connectivity index (χ4v) is 4.94. The van der Waals surface area contributed by atoms with E-state index in [-0.39, 0.29) is 35.4 Å². The van der Waals surface area contributed by atoms with Gasteiger partial charge in [-0.15, -0.1) is 0 Å². The number of nitrogens with zero attached hydrogens (tertiary/aromatic N) is 1. The SMILES string of the molecule is O=C1[C@H](CC[C@H](O)c2ccccc2F)[C@@H](c2ccc(-c3ccc(O)cc3)c(O)c2)N1c1ccccc1. The van der Waals surface area contributed by atoms with Gasteiger partial charge in [0.15, 0.2) is 0 Å². The van der Waals surface area contributed by atoms with Gasteiger partial charge in [0, 0.05) is 16.8 Å². The fourth-order valence-electron chi connectivity index (χ4n) is 4.94. The van der Waals surface area contributed by atoms with Crippen LogP contribution >= 0.6 is 0 Å². The summed E-state index contributed by atoms with van der Waals surface area (Å²) in [5.74, 6) is -0.765. The minimum atomic E-state index is -1.02. The molecule has 0 bridgehead atoms. The second kappa shape index (κ2) is 9.84. The smallest absolute Gasteiger partial charge is 0.233 e. The van der Waals surface area contributed by atoms with E-state index in [1.54, 1.807) is 59.5 Å². The molecule has 5 nitrogen and oxygen atoms in total. The van der Waals surface area contributed by atoms with E-state index in [1.807, 2.05) is 36.4 Å². The molecular weight excluding hydrogens is 457 g/mol. The van der Waals surface area contributed by atoms with Crippen molar-refractivity contribution in [2.75, 3.05) is 4.90 Å². The summed E-state index contributed by atoms with van der Waals surface area (Å²) in [4.78, 5) is 15.0. The van der Waals surface area contributed by atoms with Crippen molar-refractivity contribution in [3.8, 4) is 22.6 Å². The van der Waals surface area contributed by atoms with Gasteiger partial charge >= 0.3 is 0 Å². The van der Waals surface area contributed by atoms with E-state index in [0.29, 0.717) is 12.0 Å². The molecule has 4 aromatic carbocycles. The van der Waals surface area contributed by atoms with Crippen LogP contribution in [0.2, 0.25) is 0 Å². The molecule has 5 rings (SSSR count). The summed E-state index contributed by atoms with van der Waals surface area (Å²) in [6.45, 7) is 0. The van der Waals surface area contributed by atoms with Gasteiger partial charge in [-0.2, -0.15) is 0 Å². The number of carbonyl (C=O) groups excluding carboxylic acids is 1. The number of para-hydroxylation sites is 1. The highest BCUT2D eigenvalue weighted by atomic mass is 19.1. The monoisotopic (exact) mass is 483 g/mol. The van der Waals surface area contributed by atoms with Gasteiger partial charge < -0.3 is 20.2 Å². The van der Waals surface area contributed by atoms with Crippen LogP contribution < -0.4 is 4.90 Å². The molecule has 1 fully saturated rings. The Morgan fingerprint density at radius 1 is 0.861 bits per heavy atom.